The summed E-state index contributed by atoms with van der Waals surface area (Å²) in [5.74, 6) is 0. The first kappa shape index (κ1) is 17.0. The largest absolute Gasteiger partial charge is 0.416 e. The van der Waals surface area contributed by atoms with Crippen molar-refractivity contribution in [1.29, 1.82) is 0 Å². The highest BCUT2D eigenvalue weighted by Crippen LogP contribution is 2.35. The fraction of sp³-hybridized carbons (Fsp3) is 0.625. The molecular weight excluding hydrogens is 263 g/mol. The molecule has 1 aromatic rings. The van der Waals surface area contributed by atoms with Gasteiger partial charge in [0.25, 0.3) is 0 Å². The lowest BCUT2D eigenvalue weighted by Gasteiger charge is -2.23. The van der Waals surface area contributed by atoms with Crippen LogP contribution in [0.4, 0.5) is 13.2 Å². The lowest BCUT2D eigenvalue weighted by molar-refractivity contribution is -0.138. The van der Waals surface area contributed by atoms with Crippen LogP contribution in [0.2, 0.25) is 0 Å². The molecule has 0 fully saturated rings. The third kappa shape index (κ3) is 5.16. The van der Waals surface area contributed by atoms with E-state index in [1.54, 1.807) is 12.1 Å². The van der Waals surface area contributed by atoms with Crippen LogP contribution in [-0.2, 0) is 6.18 Å². The van der Waals surface area contributed by atoms with E-state index in [4.69, 9.17) is 0 Å². The van der Waals surface area contributed by atoms with Gasteiger partial charge in [0.1, 0.15) is 0 Å². The van der Waals surface area contributed by atoms with Gasteiger partial charge < -0.3 is 5.32 Å². The monoisotopic (exact) mass is 287 g/mol. The average molecular weight is 287 g/mol. The maximum atomic E-state index is 13.1. The van der Waals surface area contributed by atoms with Crippen LogP contribution in [0.1, 0.15) is 63.1 Å². The Bertz CT molecular complexity index is 388. The molecule has 0 aromatic heterocycles. The molecule has 0 saturated heterocycles. The van der Waals surface area contributed by atoms with Crippen LogP contribution in [0, 0.1) is 0 Å². The van der Waals surface area contributed by atoms with Crippen molar-refractivity contribution < 1.29 is 13.2 Å². The van der Waals surface area contributed by atoms with E-state index in [1.807, 2.05) is 6.92 Å². The number of alkyl halides is 3. The molecule has 20 heavy (non-hydrogen) atoms. The summed E-state index contributed by atoms with van der Waals surface area (Å²) in [7, 11) is 0. The van der Waals surface area contributed by atoms with Crippen molar-refractivity contribution in [1.82, 2.24) is 5.32 Å². The van der Waals surface area contributed by atoms with Gasteiger partial charge in [0, 0.05) is 6.04 Å². The molecular formula is C16H24F3N. The molecule has 1 N–H and O–H groups in total. The highest BCUT2D eigenvalue weighted by atomic mass is 19.4. The van der Waals surface area contributed by atoms with Gasteiger partial charge in [-0.25, -0.2) is 0 Å². The van der Waals surface area contributed by atoms with Crippen LogP contribution in [0.3, 0.4) is 0 Å². The molecule has 0 spiro atoms. The zero-order chi connectivity index (χ0) is 15.0. The Balaban J connectivity index is 2.94. The summed E-state index contributed by atoms with van der Waals surface area (Å²) >= 11 is 0. The molecule has 0 bridgehead atoms. The van der Waals surface area contributed by atoms with Gasteiger partial charge in [-0.15, -0.1) is 0 Å². The van der Waals surface area contributed by atoms with E-state index in [-0.39, 0.29) is 6.04 Å². The van der Waals surface area contributed by atoms with Gasteiger partial charge in [0.05, 0.1) is 5.56 Å². The Morgan fingerprint density at radius 2 is 1.75 bits per heavy atom. The standard InChI is InChI=1S/C16H24F3N/c1-3-5-6-11-15(20-12-4-2)13-9-7-8-10-14(13)16(17,18)19/h7-10,15,20H,3-6,11-12H2,1-2H3. The van der Waals surface area contributed by atoms with E-state index < -0.39 is 11.7 Å². The molecule has 0 heterocycles. The zero-order valence-electron chi connectivity index (χ0n) is 12.3. The van der Waals surface area contributed by atoms with E-state index in [0.29, 0.717) is 5.56 Å². The normalized spacial score (nSPS) is 13.4. The van der Waals surface area contributed by atoms with Gasteiger partial charge >= 0.3 is 6.18 Å². The minimum Gasteiger partial charge on any atom is -0.310 e. The molecule has 0 aliphatic rings. The number of hydrogen-bond acceptors (Lipinski definition) is 1. The van der Waals surface area contributed by atoms with Crippen LogP contribution in [0.25, 0.3) is 0 Å². The first-order valence-electron chi connectivity index (χ1n) is 7.40. The summed E-state index contributed by atoms with van der Waals surface area (Å²) in [4.78, 5) is 0. The second-order valence-electron chi connectivity index (χ2n) is 5.09. The van der Waals surface area contributed by atoms with Gasteiger partial charge in [-0.3, -0.25) is 0 Å². The topological polar surface area (TPSA) is 12.0 Å². The van der Waals surface area contributed by atoms with Crippen molar-refractivity contribution in [2.45, 2.75) is 58.2 Å². The predicted octanol–water partition coefficient (Wildman–Crippen LogP) is 5.33. The van der Waals surface area contributed by atoms with E-state index in [2.05, 4.69) is 12.2 Å². The molecule has 114 valence electrons. The Hall–Kier alpha value is -1.03. The third-order valence-electron chi connectivity index (χ3n) is 3.38. The van der Waals surface area contributed by atoms with Crippen molar-refractivity contribution >= 4 is 0 Å². The number of hydrogen-bond donors (Lipinski definition) is 1. The van der Waals surface area contributed by atoms with Gasteiger partial charge in [0.2, 0.25) is 0 Å². The summed E-state index contributed by atoms with van der Waals surface area (Å²) in [6.07, 6.45) is 0.455. The number of unbranched alkanes of at least 4 members (excludes halogenated alkanes) is 2. The third-order valence-corrected chi connectivity index (χ3v) is 3.38. The smallest absolute Gasteiger partial charge is 0.310 e. The molecule has 4 heteroatoms. The van der Waals surface area contributed by atoms with Gasteiger partial charge in [0.15, 0.2) is 0 Å². The molecule has 0 radical (unpaired) electrons. The molecule has 0 aliphatic carbocycles. The van der Waals surface area contributed by atoms with Gasteiger partial charge in [-0.2, -0.15) is 13.2 Å². The number of rotatable bonds is 8. The number of nitrogens with one attached hydrogen (secondary N) is 1. The minimum atomic E-state index is -4.28. The van der Waals surface area contributed by atoms with E-state index in [1.165, 1.54) is 12.1 Å². The van der Waals surface area contributed by atoms with Crippen LogP contribution < -0.4 is 5.32 Å². The molecule has 1 aromatic carbocycles. The van der Waals surface area contributed by atoms with Crippen molar-refractivity contribution in [3.8, 4) is 0 Å². The molecule has 1 atom stereocenters. The molecule has 0 aliphatic heterocycles. The van der Waals surface area contributed by atoms with Crippen LogP contribution in [0.15, 0.2) is 24.3 Å². The summed E-state index contributed by atoms with van der Waals surface area (Å²) in [6, 6.07) is 5.71. The zero-order valence-corrected chi connectivity index (χ0v) is 12.3. The highest BCUT2D eigenvalue weighted by molar-refractivity contribution is 5.32. The summed E-state index contributed by atoms with van der Waals surface area (Å²) in [5, 5.41) is 3.26. The Morgan fingerprint density at radius 1 is 1.05 bits per heavy atom. The fourth-order valence-corrected chi connectivity index (χ4v) is 2.34. The predicted molar refractivity (Wildman–Crippen MR) is 76.6 cm³/mol. The maximum Gasteiger partial charge on any atom is 0.416 e. The first-order chi connectivity index (χ1) is 9.50. The Labute approximate surface area is 119 Å². The molecule has 1 unspecified atom stereocenters. The molecule has 0 amide bonds. The van der Waals surface area contributed by atoms with Crippen LogP contribution >= 0.6 is 0 Å². The van der Waals surface area contributed by atoms with Gasteiger partial charge in [-0.1, -0.05) is 51.3 Å². The molecule has 1 nitrogen and oxygen atoms in total. The van der Waals surface area contributed by atoms with Crippen molar-refractivity contribution in [2.24, 2.45) is 0 Å². The lowest BCUT2D eigenvalue weighted by atomic mass is 9.95. The number of benzene rings is 1. The van der Waals surface area contributed by atoms with Crippen molar-refractivity contribution in [3.63, 3.8) is 0 Å². The van der Waals surface area contributed by atoms with Crippen LogP contribution in [-0.4, -0.2) is 6.54 Å². The molecule has 0 saturated carbocycles. The Kier molecular flexibility index (Phi) is 7.06. The Morgan fingerprint density at radius 3 is 2.35 bits per heavy atom. The van der Waals surface area contributed by atoms with E-state index in [0.717, 1.165) is 38.6 Å². The highest BCUT2D eigenvalue weighted by Gasteiger charge is 2.34. The van der Waals surface area contributed by atoms with E-state index in [9.17, 15) is 13.2 Å². The average Bonchev–Trinajstić information content (AvgIpc) is 2.42. The maximum absolute atomic E-state index is 13.1. The van der Waals surface area contributed by atoms with Crippen LogP contribution in [0.5, 0.6) is 0 Å². The minimum absolute atomic E-state index is 0.209. The van der Waals surface area contributed by atoms with Crippen molar-refractivity contribution in [2.75, 3.05) is 6.54 Å². The lowest BCUT2D eigenvalue weighted by Crippen LogP contribution is -2.25. The molecule has 1 rings (SSSR count). The fourth-order valence-electron chi connectivity index (χ4n) is 2.34. The summed E-state index contributed by atoms with van der Waals surface area (Å²) in [6.45, 7) is 4.85. The van der Waals surface area contributed by atoms with E-state index >= 15 is 0 Å². The summed E-state index contributed by atoms with van der Waals surface area (Å²) in [5.41, 5.74) is -0.130. The summed E-state index contributed by atoms with van der Waals surface area (Å²) < 4.78 is 39.3. The SMILES string of the molecule is CCCCCC(NCCC)c1ccccc1C(F)(F)F. The first-order valence-corrected chi connectivity index (χ1v) is 7.40. The second-order valence-corrected chi connectivity index (χ2v) is 5.09. The van der Waals surface area contributed by atoms with Crippen molar-refractivity contribution in [3.05, 3.63) is 35.4 Å². The second kappa shape index (κ2) is 8.30. The quantitative estimate of drug-likeness (QED) is 0.637. The van der Waals surface area contributed by atoms with Gasteiger partial charge in [-0.05, 0) is 31.0 Å². The number of halogens is 3.